The van der Waals surface area contributed by atoms with Crippen molar-refractivity contribution in [1.29, 1.82) is 0 Å². The lowest BCUT2D eigenvalue weighted by Gasteiger charge is -2.10. The van der Waals surface area contributed by atoms with Gasteiger partial charge in [0.15, 0.2) is 0 Å². The van der Waals surface area contributed by atoms with Gasteiger partial charge in [-0.05, 0) is 31.2 Å². The van der Waals surface area contributed by atoms with E-state index >= 15 is 0 Å². The van der Waals surface area contributed by atoms with Crippen molar-refractivity contribution >= 4 is 11.6 Å². The number of hydrogen-bond donors (Lipinski definition) is 1. The monoisotopic (exact) mass is 459 g/mol. The zero-order chi connectivity index (χ0) is 22.9. The number of nitrogens with zero attached hydrogens (tertiary/aromatic N) is 6. The Balaban J connectivity index is 1.56. The minimum absolute atomic E-state index is 0.352. The molecule has 0 unspecified atom stereocenters. The molecule has 5 rings (SSSR count). The molecular formula is C23H18ClN7O2. The second-order valence-corrected chi connectivity index (χ2v) is 7.77. The molecule has 0 saturated heterocycles. The molecule has 3 heterocycles. The minimum atomic E-state index is -0.352. The van der Waals surface area contributed by atoms with E-state index < -0.39 is 0 Å². The maximum absolute atomic E-state index is 12.0. The second kappa shape index (κ2) is 8.36. The molecule has 0 aliphatic rings. The molecule has 5 aromatic rings. The van der Waals surface area contributed by atoms with Gasteiger partial charge in [0.25, 0.3) is 5.56 Å². The first kappa shape index (κ1) is 20.7. The van der Waals surface area contributed by atoms with Gasteiger partial charge in [0.05, 0.1) is 36.7 Å². The molecule has 33 heavy (non-hydrogen) atoms. The van der Waals surface area contributed by atoms with Crippen LogP contribution in [0.5, 0.6) is 5.75 Å². The fourth-order valence-electron chi connectivity index (χ4n) is 3.53. The molecule has 164 valence electrons. The highest BCUT2D eigenvalue weighted by molar-refractivity contribution is 6.30. The van der Waals surface area contributed by atoms with E-state index in [4.69, 9.17) is 16.3 Å². The molecule has 0 aliphatic heterocycles. The van der Waals surface area contributed by atoms with Crippen LogP contribution in [0.2, 0.25) is 5.02 Å². The number of ether oxygens (including phenoxy) is 1. The molecule has 0 amide bonds. The lowest BCUT2D eigenvalue weighted by Crippen LogP contribution is -2.12. The molecule has 0 saturated carbocycles. The van der Waals surface area contributed by atoms with E-state index in [1.54, 1.807) is 31.8 Å². The third kappa shape index (κ3) is 4.01. The molecule has 0 spiro atoms. The number of methoxy groups -OCH3 is 1. The molecule has 10 heteroatoms. The average Bonchev–Trinajstić information content (AvgIpc) is 3.48. The first-order valence-electron chi connectivity index (χ1n) is 9.99. The van der Waals surface area contributed by atoms with Crippen molar-refractivity contribution in [3.8, 4) is 39.6 Å². The van der Waals surface area contributed by atoms with Crippen molar-refractivity contribution in [1.82, 2.24) is 34.7 Å². The summed E-state index contributed by atoms with van der Waals surface area (Å²) >= 11 is 6.14. The third-order valence-corrected chi connectivity index (χ3v) is 5.33. The van der Waals surface area contributed by atoms with Crippen LogP contribution >= 0.6 is 11.6 Å². The third-order valence-electron chi connectivity index (χ3n) is 5.09. The van der Waals surface area contributed by atoms with Gasteiger partial charge in [-0.3, -0.25) is 4.79 Å². The van der Waals surface area contributed by atoms with Crippen LogP contribution in [0.25, 0.3) is 33.9 Å². The van der Waals surface area contributed by atoms with Gasteiger partial charge in [-0.25, -0.2) is 14.8 Å². The molecule has 1 N–H and O–H groups in total. The van der Waals surface area contributed by atoms with E-state index in [1.807, 2.05) is 48.0 Å². The van der Waals surface area contributed by atoms with Gasteiger partial charge < -0.3 is 9.30 Å². The normalized spacial score (nSPS) is 11.0. The highest BCUT2D eigenvalue weighted by atomic mass is 35.5. The average molecular weight is 460 g/mol. The summed E-state index contributed by atoms with van der Waals surface area (Å²) in [6.45, 7) is 1.93. The summed E-state index contributed by atoms with van der Waals surface area (Å²) in [5.41, 5.74) is 4.58. The van der Waals surface area contributed by atoms with Crippen LogP contribution in [0.1, 0.15) is 5.69 Å². The number of aromatic nitrogens is 7. The topological polar surface area (TPSA) is 104 Å². The summed E-state index contributed by atoms with van der Waals surface area (Å²) in [6, 6.07) is 14.4. The molecule has 0 fully saturated rings. The predicted molar refractivity (Wildman–Crippen MR) is 124 cm³/mol. The first-order chi connectivity index (χ1) is 16.0. The van der Waals surface area contributed by atoms with Gasteiger partial charge in [-0.2, -0.15) is 5.10 Å². The van der Waals surface area contributed by atoms with E-state index in [-0.39, 0.29) is 5.56 Å². The van der Waals surface area contributed by atoms with Crippen LogP contribution in [0.15, 0.2) is 72.0 Å². The summed E-state index contributed by atoms with van der Waals surface area (Å²) in [4.78, 5) is 16.3. The van der Waals surface area contributed by atoms with E-state index in [0.29, 0.717) is 27.8 Å². The van der Waals surface area contributed by atoms with Gasteiger partial charge in [-0.1, -0.05) is 35.0 Å². The number of imidazole rings is 1. The first-order valence-corrected chi connectivity index (χ1v) is 10.4. The van der Waals surface area contributed by atoms with Gasteiger partial charge in [0, 0.05) is 28.4 Å². The lowest BCUT2D eigenvalue weighted by atomic mass is 10.1. The molecule has 9 nitrogen and oxygen atoms in total. The Morgan fingerprint density at radius 2 is 1.91 bits per heavy atom. The SMILES string of the molecule is COc1cc(-c2cn(-c3cc(=O)[nH]nc3-c3cccc(Cl)c3)nn2)ccc1-n1cnc(C)c1. The quantitative estimate of drug-likeness (QED) is 0.428. The summed E-state index contributed by atoms with van der Waals surface area (Å²) < 4.78 is 9.01. The molecule has 0 atom stereocenters. The smallest absolute Gasteiger partial charge is 0.266 e. The van der Waals surface area contributed by atoms with Crippen LogP contribution in [0.4, 0.5) is 0 Å². The van der Waals surface area contributed by atoms with Gasteiger partial charge >= 0.3 is 0 Å². The van der Waals surface area contributed by atoms with Gasteiger partial charge in [0.1, 0.15) is 17.1 Å². The van der Waals surface area contributed by atoms with Gasteiger partial charge in [-0.15, -0.1) is 5.10 Å². The summed E-state index contributed by atoms with van der Waals surface area (Å²) in [5.74, 6) is 0.664. The molecule has 0 bridgehead atoms. The summed E-state index contributed by atoms with van der Waals surface area (Å²) in [7, 11) is 1.61. The Labute approximate surface area is 193 Å². The largest absolute Gasteiger partial charge is 0.495 e. The second-order valence-electron chi connectivity index (χ2n) is 7.33. The molecule has 2 aromatic carbocycles. The number of hydrogen-bond acceptors (Lipinski definition) is 6. The Bertz CT molecular complexity index is 1520. The van der Waals surface area contributed by atoms with Crippen molar-refractivity contribution in [2.45, 2.75) is 6.92 Å². The van der Waals surface area contributed by atoms with Crippen LogP contribution in [-0.2, 0) is 0 Å². The van der Waals surface area contributed by atoms with Gasteiger partial charge in [0.2, 0.25) is 0 Å². The number of benzene rings is 2. The Hall–Kier alpha value is -4.24. The fourth-order valence-corrected chi connectivity index (χ4v) is 3.72. The van der Waals surface area contributed by atoms with Crippen LogP contribution in [0, 0.1) is 6.92 Å². The molecular weight excluding hydrogens is 442 g/mol. The Morgan fingerprint density at radius 1 is 1.03 bits per heavy atom. The number of H-pyrrole nitrogens is 1. The summed E-state index contributed by atoms with van der Waals surface area (Å²) in [5, 5.41) is 15.8. The van der Waals surface area contributed by atoms with Crippen molar-refractivity contribution in [2.24, 2.45) is 0 Å². The highest BCUT2D eigenvalue weighted by Gasteiger charge is 2.15. The number of rotatable bonds is 5. The van der Waals surface area contributed by atoms with Crippen LogP contribution in [0.3, 0.4) is 0 Å². The van der Waals surface area contributed by atoms with Crippen LogP contribution in [-0.4, -0.2) is 41.9 Å². The summed E-state index contributed by atoms with van der Waals surface area (Å²) in [6.07, 6.45) is 5.39. The highest BCUT2D eigenvalue weighted by Crippen LogP contribution is 2.30. The minimum Gasteiger partial charge on any atom is -0.495 e. The molecule has 0 radical (unpaired) electrons. The van der Waals surface area contributed by atoms with Crippen molar-refractivity contribution in [3.05, 3.63) is 88.3 Å². The van der Waals surface area contributed by atoms with Crippen LogP contribution < -0.4 is 10.3 Å². The number of aromatic amines is 1. The maximum atomic E-state index is 12.0. The van der Waals surface area contributed by atoms with Crippen molar-refractivity contribution < 1.29 is 4.74 Å². The predicted octanol–water partition coefficient (Wildman–Crippen LogP) is 3.84. The standard InChI is InChI=1S/C23H18ClN7O2/c1-14-11-30(13-25-14)19-7-6-15(9-21(19)33-2)18-12-31(29-26-18)20-10-22(32)27-28-23(20)16-4-3-5-17(24)8-16/h3-13H,1-2H3,(H,27,32). The lowest BCUT2D eigenvalue weighted by molar-refractivity contribution is 0.413. The number of nitrogens with one attached hydrogen (secondary N) is 1. The zero-order valence-corrected chi connectivity index (χ0v) is 18.5. The zero-order valence-electron chi connectivity index (χ0n) is 17.7. The van der Waals surface area contributed by atoms with Crippen molar-refractivity contribution in [2.75, 3.05) is 7.11 Å². The Morgan fingerprint density at radius 3 is 2.67 bits per heavy atom. The Kier molecular flexibility index (Phi) is 5.23. The van der Waals surface area contributed by atoms with Crippen molar-refractivity contribution in [3.63, 3.8) is 0 Å². The fraction of sp³-hybridized carbons (Fsp3) is 0.0870. The van der Waals surface area contributed by atoms with E-state index in [1.165, 1.54) is 10.7 Å². The van der Waals surface area contributed by atoms with E-state index in [9.17, 15) is 4.79 Å². The maximum Gasteiger partial charge on any atom is 0.266 e. The molecule has 0 aliphatic carbocycles. The molecule has 3 aromatic heterocycles. The number of halogens is 1. The van der Waals surface area contributed by atoms with E-state index in [2.05, 4.69) is 25.5 Å². The number of aryl methyl sites for hydroxylation is 1. The van der Waals surface area contributed by atoms with E-state index in [0.717, 1.165) is 22.5 Å².